The van der Waals surface area contributed by atoms with Crippen LogP contribution in [0.25, 0.3) is 16.9 Å². The maximum absolute atomic E-state index is 13.0. The molecule has 0 fully saturated rings. The number of carbonyl (C=O) groups excluding carboxylic acids is 2. The van der Waals surface area contributed by atoms with Gasteiger partial charge in [0.2, 0.25) is 0 Å². The first-order chi connectivity index (χ1) is 16.8. The van der Waals surface area contributed by atoms with E-state index in [2.05, 4.69) is 10.3 Å². The number of halogens is 3. The molecule has 0 saturated heterocycles. The van der Waals surface area contributed by atoms with E-state index in [1.54, 1.807) is 47.9 Å². The molecule has 0 aliphatic rings. The molecule has 0 bridgehead atoms. The number of hydrogen-bond donors (Lipinski definition) is 1. The summed E-state index contributed by atoms with van der Waals surface area (Å²) in [4.78, 5) is 29.0. The van der Waals surface area contributed by atoms with Crippen LogP contribution in [0.15, 0.2) is 72.9 Å². The zero-order chi connectivity index (χ0) is 25.0. The number of nitrogens with one attached hydrogen (secondary N) is 1. The lowest BCUT2D eigenvalue weighted by molar-refractivity contribution is -0.141. The molecule has 0 atom stereocenters. The molecule has 2 aromatic heterocycles. The van der Waals surface area contributed by atoms with Crippen LogP contribution in [0.4, 0.5) is 19.0 Å². The summed E-state index contributed by atoms with van der Waals surface area (Å²) in [6, 6.07) is 15.8. The highest BCUT2D eigenvalue weighted by Gasteiger charge is 2.31. The summed E-state index contributed by atoms with van der Waals surface area (Å²) in [5, 5.41) is 3.04. The molecule has 0 radical (unpaired) electrons. The average Bonchev–Trinajstić information content (AvgIpc) is 3.21. The number of fused-ring (bicyclic) bond motifs is 1. The molecule has 7 nitrogen and oxygen atoms in total. The number of hydrogen-bond acceptors (Lipinski definition) is 6. The third-order valence-corrected chi connectivity index (χ3v) is 4.98. The van der Waals surface area contributed by atoms with Crippen LogP contribution < -0.4 is 10.1 Å². The van der Waals surface area contributed by atoms with Crippen molar-refractivity contribution in [2.45, 2.75) is 13.1 Å². The Morgan fingerprint density at radius 2 is 1.83 bits per heavy atom. The van der Waals surface area contributed by atoms with Crippen LogP contribution in [0.2, 0.25) is 0 Å². The van der Waals surface area contributed by atoms with Gasteiger partial charge in [0, 0.05) is 11.8 Å². The largest absolute Gasteiger partial charge is 0.465 e. The Morgan fingerprint density at radius 3 is 2.60 bits per heavy atom. The number of nitrogens with zero attached hydrogens (tertiary/aromatic N) is 2. The van der Waals surface area contributed by atoms with E-state index < -0.39 is 23.7 Å². The van der Waals surface area contributed by atoms with E-state index in [0.717, 1.165) is 18.2 Å². The maximum Gasteiger partial charge on any atom is 0.416 e. The second kappa shape index (κ2) is 9.88. The molecule has 0 amide bonds. The van der Waals surface area contributed by atoms with E-state index in [0.29, 0.717) is 22.7 Å². The first-order valence-electron chi connectivity index (χ1n) is 10.6. The second-order valence-electron chi connectivity index (χ2n) is 7.39. The normalized spacial score (nSPS) is 11.3. The number of aromatic nitrogens is 2. The number of imidazole rings is 1. The van der Waals surface area contributed by atoms with Crippen molar-refractivity contribution >= 4 is 23.4 Å². The topological polar surface area (TPSA) is 81.9 Å². The van der Waals surface area contributed by atoms with Crippen molar-refractivity contribution < 1.29 is 32.2 Å². The van der Waals surface area contributed by atoms with Gasteiger partial charge in [0.1, 0.15) is 29.5 Å². The van der Waals surface area contributed by atoms with Crippen LogP contribution in [0.3, 0.4) is 0 Å². The third kappa shape index (κ3) is 5.43. The standard InChI is InChI=1S/C25H20F3N3O4/c1-2-34-21(32)15-29-23-22(30-20-11-3-4-12-31(20)23)16-7-6-10-19(14-16)35-24(33)17-8-5-9-18(13-17)25(26,27)28/h3-14,29H,2,15H2,1H3. The molecule has 4 rings (SSSR count). The van der Waals surface area contributed by atoms with Crippen molar-refractivity contribution in [2.75, 3.05) is 18.5 Å². The van der Waals surface area contributed by atoms with Crippen LogP contribution >= 0.6 is 0 Å². The molecule has 0 aliphatic heterocycles. The minimum atomic E-state index is -4.58. The Bertz CT molecular complexity index is 1380. The molecule has 0 saturated carbocycles. The molecule has 2 aromatic carbocycles. The number of ether oxygens (including phenoxy) is 2. The van der Waals surface area contributed by atoms with Crippen LogP contribution in [-0.4, -0.2) is 34.5 Å². The third-order valence-electron chi connectivity index (χ3n) is 4.98. The summed E-state index contributed by atoms with van der Waals surface area (Å²) in [7, 11) is 0. The van der Waals surface area contributed by atoms with Gasteiger partial charge < -0.3 is 14.8 Å². The zero-order valence-electron chi connectivity index (χ0n) is 18.5. The van der Waals surface area contributed by atoms with Gasteiger partial charge in [0.25, 0.3) is 0 Å². The van der Waals surface area contributed by atoms with Gasteiger partial charge in [-0.1, -0.05) is 24.3 Å². The molecule has 4 aromatic rings. The van der Waals surface area contributed by atoms with Crippen LogP contribution in [-0.2, 0) is 15.7 Å². The number of carbonyl (C=O) groups is 2. The highest BCUT2D eigenvalue weighted by Crippen LogP contribution is 2.32. The van der Waals surface area contributed by atoms with E-state index in [1.807, 2.05) is 6.07 Å². The zero-order valence-corrected chi connectivity index (χ0v) is 18.5. The van der Waals surface area contributed by atoms with Gasteiger partial charge in [0.15, 0.2) is 0 Å². The molecular weight excluding hydrogens is 463 g/mol. The van der Waals surface area contributed by atoms with Gasteiger partial charge in [-0.05, 0) is 49.4 Å². The quantitative estimate of drug-likeness (QED) is 0.287. The monoisotopic (exact) mass is 483 g/mol. The summed E-state index contributed by atoms with van der Waals surface area (Å²) in [6.45, 7) is 1.87. The Kier molecular flexibility index (Phi) is 6.72. The number of esters is 2. The van der Waals surface area contributed by atoms with Gasteiger partial charge in [-0.15, -0.1) is 0 Å². The van der Waals surface area contributed by atoms with Gasteiger partial charge in [-0.25, -0.2) is 9.78 Å². The van der Waals surface area contributed by atoms with E-state index >= 15 is 0 Å². The summed E-state index contributed by atoms with van der Waals surface area (Å²) >= 11 is 0. The molecule has 2 heterocycles. The highest BCUT2D eigenvalue weighted by molar-refractivity contribution is 5.91. The van der Waals surface area contributed by atoms with Crippen molar-refractivity contribution in [3.8, 4) is 17.0 Å². The Labute approximate surface area is 198 Å². The fourth-order valence-corrected chi connectivity index (χ4v) is 3.43. The summed E-state index contributed by atoms with van der Waals surface area (Å²) in [5.74, 6) is -0.717. The van der Waals surface area contributed by atoms with Crippen LogP contribution in [0.5, 0.6) is 5.75 Å². The Balaban J connectivity index is 1.63. The van der Waals surface area contributed by atoms with Crippen molar-refractivity contribution in [1.82, 2.24) is 9.38 Å². The number of rotatable bonds is 7. The number of pyridine rings is 1. The van der Waals surface area contributed by atoms with E-state index in [9.17, 15) is 22.8 Å². The first-order valence-corrected chi connectivity index (χ1v) is 10.6. The molecule has 180 valence electrons. The molecule has 0 unspecified atom stereocenters. The summed E-state index contributed by atoms with van der Waals surface area (Å²) in [6.07, 6.45) is -2.80. The SMILES string of the molecule is CCOC(=O)CNc1c(-c2cccc(OC(=O)c3cccc(C(F)(F)F)c3)c2)nc2ccccn12. The van der Waals surface area contributed by atoms with Crippen molar-refractivity contribution in [3.05, 3.63) is 84.1 Å². The molecule has 1 N–H and O–H groups in total. The number of anilines is 1. The van der Waals surface area contributed by atoms with E-state index in [4.69, 9.17) is 9.47 Å². The lowest BCUT2D eigenvalue weighted by Crippen LogP contribution is -2.17. The first kappa shape index (κ1) is 23.8. The van der Waals surface area contributed by atoms with E-state index in [1.165, 1.54) is 12.1 Å². The fraction of sp³-hybridized carbons (Fsp3) is 0.160. The molecular formula is C25H20F3N3O4. The van der Waals surface area contributed by atoms with Crippen molar-refractivity contribution in [3.63, 3.8) is 0 Å². The van der Waals surface area contributed by atoms with Crippen LogP contribution in [0.1, 0.15) is 22.8 Å². The lowest BCUT2D eigenvalue weighted by atomic mass is 10.1. The number of alkyl halides is 3. The predicted molar refractivity (Wildman–Crippen MR) is 122 cm³/mol. The van der Waals surface area contributed by atoms with Crippen LogP contribution in [0, 0.1) is 0 Å². The average molecular weight is 483 g/mol. The fourth-order valence-electron chi connectivity index (χ4n) is 3.43. The summed E-state index contributed by atoms with van der Waals surface area (Å²) in [5.41, 5.74) is 0.490. The maximum atomic E-state index is 13.0. The minimum absolute atomic E-state index is 0.0895. The minimum Gasteiger partial charge on any atom is -0.465 e. The van der Waals surface area contributed by atoms with Gasteiger partial charge in [-0.3, -0.25) is 9.20 Å². The van der Waals surface area contributed by atoms with E-state index in [-0.39, 0.29) is 24.5 Å². The second-order valence-corrected chi connectivity index (χ2v) is 7.39. The van der Waals surface area contributed by atoms with Crippen molar-refractivity contribution in [2.24, 2.45) is 0 Å². The highest BCUT2D eigenvalue weighted by atomic mass is 19.4. The smallest absolute Gasteiger partial charge is 0.416 e. The molecule has 35 heavy (non-hydrogen) atoms. The molecule has 0 aliphatic carbocycles. The Hall–Kier alpha value is -4.34. The summed E-state index contributed by atoms with van der Waals surface area (Å²) < 4.78 is 51.0. The molecule has 0 spiro atoms. The predicted octanol–water partition coefficient (Wildman–Crippen LogP) is 5.21. The van der Waals surface area contributed by atoms with Gasteiger partial charge in [0.05, 0.1) is 17.7 Å². The van der Waals surface area contributed by atoms with Gasteiger partial charge in [-0.2, -0.15) is 13.2 Å². The van der Waals surface area contributed by atoms with Crippen molar-refractivity contribution in [1.29, 1.82) is 0 Å². The lowest BCUT2D eigenvalue weighted by Gasteiger charge is -2.10. The Morgan fingerprint density at radius 1 is 1.03 bits per heavy atom. The van der Waals surface area contributed by atoms with Gasteiger partial charge >= 0.3 is 18.1 Å². The number of benzene rings is 2. The molecule has 10 heteroatoms.